The van der Waals surface area contributed by atoms with Crippen LogP contribution in [-0.4, -0.2) is 17.6 Å². The van der Waals surface area contributed by atoms with E-state index in [1.54, 1.807) is 13.8 Å². The van der Waals surface area contributed by atoms with Crippen molar-refractivity contribution in [2.75, 3.05) is 6.61 Å². The third kappa shape index (κ3) is 4.28. The summed E-state index contributed by atoms with van der Waals surface area (Å²) in [6.45, 7) is 12.0. The quantitative estimate of drug-likeness (QED) is 0.348. The summed E-state index contributed by atoms with van der Waals surface area (Å²) in [4.78, 5) is 17.1. The topological polar surface area (TPSA) is 39.2 Å². The third-order valence-electron chi connectivity index (χ3n) is 5.18. The van der Waals surface area contributed by atoms with E-state index in [0.717, 1.165) is 44.4 Å². The van der Waals surface area contributed by atoms with Crippen LogP contribution in [0.4, 0.5) is 4.39 Å². The molecule has 0 atom stereocenters. The van der Waals surface area contributed by atoms with Gasteiger partial charge < -0.3 is 4.74 Å². The fourth-order valence-corrected chi connectivity index (χ4v) is 3.70. The van der Waals surface area contributed by atoms with Gasteiger partial charge in [-0.2, -0.15) is 0 Å². The number of carbonyl (C=O) groups is 1. The molecule has 3 rings (SSSR count). The Morgan fingerprint density at radius 1 is 1.13 bits per heavy atom. The monoisotopic (exact) mass is 405 g/mol. The Morgan fingerprint density at radius 3 is 2.50 bits per heavy atom. The smallest absolute Gasteiger partial charge is 0.331 e. The minimum atomic E-state index is -0.373. The van der Waals surface area contributed by atoms with Crippen LogP contribution in [0, 0.1) is 19.7 Å². The zero-order chi connectivity index (χ0) is 22.0. The average molecular weight is 406 g/mol. The largest absolute Gasteiger partial charge is 0.463 e. The van der Waals surface area contributed by atoms with Crippen LogP contribution in [0.1, 0.15) is 56.1 Å². The highest BCUT2D eigenvalue weighted by atomic mass is 19.1. The Bertz CT molecular complexity index is 1150. The number of halogens is 1. The Morgan fingerprint density at radius 2 is 1.87 bits per heavy atom. The number of benzene rings is 2. The van der Waals surface area contributed by atoms with Crippen molar-refractivity contribution in [3.8, 4) is 11.1 Å². The van der Waals surface area contributed by atoms with Crippen LogP contribution in [-0.2, 0) is 9.53 Å². The van der Waals surface area contributed by atoms with Crippen LogP contribution in [0.2, 0.25) is 0 Å². The van der Waals surface area contributed by atoms with Gasteiger partial charge in [0, 0.05) is 17.0 Å². The number of hydrogen-bond acceptors (Lipinski definition) is 3. The standard InChI is InChI=1S/C26H28FNO2/c1-7-30-23(29)14-18(6)26-21-12-16(4)8-10-20(21)24(25(28-26)15(2)3)19-9-11-22(27)17(5)13-19/h8-15H,7H2,1-6H3/b18-14+. The van der Waals surface area contributed by atoms with Crippen molar-refractivity contribution >= 4 is 22.3 Å². The maximum atomic E-state index is 13.9. The fraction of sp³-hybridized carbons (Fsp3) is 0.308. The fourth-order valence-electron chi connectivity index (χ4n) is 3.70. The van der Waals surface area contributed by atoms with E-state index in [1.165, 1.54) is 12.1 Å². The molecule has 0 aliphatic heterocycles. The van der Waals surface area contributed by atoms with Gasteiger partial charge in [0.25, 0.3) is 0 Å². The van der Waals surface area contributed by atoms with Gasteiger partial charge in [0.15, 0.2) is 0 Å². The Kier molecular flexibility index (Phi) is 6.35. The van der Waals surface area contributed by atoms with Crippen molar-refractivity contribution in [2.24, 2.45) is 0 Å². The van der Waals surface area contributed by atoms with Crippen molar-refractivity contribution in [1.29, 1.82) is 0 Å². The van der Waals surface area contributed by atoms with Crippen molar-refractivity contribution in [2.45, 2.75) is 47.5 Å². The SMILES string of the molecule is CCOC(=O)/C=C(\C)c1nc(C(C)C)c(-c2ccc(F)c(C)c2)c2ccc(C)cc12. The lowest BCUT2D eigenvalue weighted by molar-refractivity contribution is -0.137. The Labute approximate surface area is 177 Å². The van der Waals surface area contributed by atoms with Gasteiger partial charge in [-0.3, -0.25) is 4.98 Å². The molecule has 0 bridgehead atoms. The maximum Gasteiger partial charge on any atom is 0.331 e. The van der Waals surface area contributed by atoms with Gasteiger partial charge in [0.1, 0.15) is 5.82 Å². The molecule has 0 saturated carbocycles. The van der Waals surface area contributed by atoms with E-state index in [1.807, 2.05) is 26.0 Å². The molecule has 0 radical (unpaired) electrons. The second-order valence-corrected chi connectivity index (χ2v) is 7.97. The summed E-state index contributed by atoms with van der Waals surface area (Å²) in [5.41, 5.74) is 6.11. The van der Waals surface area contributed by atoms with E-state index < -0.39 is 0 Å². The highest BCUT2D eigenvalue weighted by molar-refractivity contribution is 6.04. The second-order valence-electron chi connectivity index (χ2n) is 7.97. The van der Waals surface area contributed by atoms with Crippen molar-refractivity contribution in [1.82, 2.24) is 4.98 Å². The van der Waals surface area contributed by atoms with Crippen LogP contribution < -0.4 is 0 Å². The summed E-state index contributed by atoms with van der Waals surface area (Å²) in [5, 5.41) is 2.01. The molecule has 0 unspecified atom stereocenters. The van der Waals surface area contributed by atoms with Crippen molar-refractivity contribution in [3.63, 3.8) is 0 Å². The molecule has 0 amide bonds. The lowest BCUT2D eigenvalue weighted by Gasteiger charge is -2.19. The van der Waals surface area contributed by atoms with E-state index >= 15 is 0 Å². The number of hydrogen-bond donors (Lipinski definition) is 0. The maximum absolute atomic E-state index is 13.9. The molecular weight excluding hydrogens is 377 g/mol. The van der Waals surface area contributed by atoms with Gasteiger partial charge in [0.2, 0.25) is 0 Å². The Hall–Kier alpha value is -3.01. The zero-order valence-corrected chi connectivity index (χ0v) is 18.5. The molecule has 0 fully saturated rings. The van der Waals surface area contributed by atoms with Crippen LogP contribution in [0.15, 0.2) is 42.5 Å². The number of ether oxygens (including phenoxy) is 1. The second kappa shape index (κ2) is 8.78. The van der Waals surface area contributed by atoms with Gasteiger partial charge in [-0.1, -0.05) is 37.6 Å². The van der Waals surface area contributed by atoms with Gasteiger partial charge >= 0.3 is 5.97 Å². The molecule has 2 aromatic carbocycles. The predicted octanol–water partition coefficient (Wildman–Crippen LogP) is 6.75. The van der Waals surface area contributed by atoms with E-state index in [0.29, 0.717) is 12.2 Å². The summed E-state index contributed by atoms with van der Waals surface area (Å²) in [6, 6.07) is 11.4. The number of fused-ring (bicyclic) bond motifs is 1. The molecule has 0 saturated heterocycles. The third-order valence-corrected chi connectivity index (χ3v) is 5.18. The predicted molar refractivity (Wildman–Crippen MR) is 121 cm³/mol. The first-order valence-corrected chi connectivity index (χ1v) is 10.3. The Balaban J connectivity index is 2.37. The van der Waals surface area contributed by atoms with Crippen LogP contribution in [0.25, 0.3) is 27.5 Å². The first-order chi connectivity index (χ1) is 14.2. The van der Waals surface area contributed by atoms with Crippen LogP contribution in [0.3, 0.4) is 0 Å². The molecule has 0 N–H and O–H groups in total. The van der Waals surface area contributed by atoms with Gasteiger partial charge in [-0.05, 0) is 73.9 Å². The normalized spacial score (nSPS) is 11.9. The number of pyridine rings is 1. The number of carbonyl (C=O) groups excluding carboxylic acids is 1. The minimum Gasteiger partial charge on any atom is -0.463 e. The van der Waals surface area contributed by atoms with Crippen LogP contribution >= 0.6 is 0 Å². The number of esters is 1. The van der Waals surface area contributed by atoms with E-state index in [4.69, 9.17) is 9.72 Å². The summed E-state index contributed by atoms with van der Waals surface area (Å²) in [7, 11) is 0. The van der Waals surface area contributed by atoms with Crippen molar-refractivity contribution in [3.05, 3.63) is 70.8 Å². The van der Waals surface area contributed by atoms with Crippen LogP contribution in [0.5, 0.6) is 0 Å². The average Bonchev–Trinajstić information content (AvgIpc) is 2.68. The summed E-state index contributed by atoms with van der Waals surface area (Å²) >= 11 is 0. The molecule has 1 aromatic heterocycles. The van der Waals surface area contributed by atoms with Crippen molar-refractivity contribution < 1.29 is 13.9 Å². The molecule has 156 valence electrons. The van der Waals surface area contributed by atoms with E-state index in [2.05, 4.69) is 32.0 Å². The van der Waals surface area contributed by atoms with E-state index in [-0.39, 0.29) is 17.7 Å². The molecule has 0 aliphatic carbocycles. The first kappa shape index (κ1) is 21.7. The molecule has 3 aromatic rings. The molecule has 4 heteroatoms. The number of aromatic nitrogens is 1. The number of nitrogens with zero attached hydrogens (tertiary/aromatic N) is 1. The number of allylic oxidation sites excluding steroid dienone is 1. The van der Waals surface area contributed by atoms with Gasteiger partial charge in [-0.15, -0.1) is 0 Å². The number of aryl methyl sites for hydroxylation is 2. The minimum absolute atomic E-state index is 0.144. The molecule has 0 aliphatic rings. The lowest BCUT2D eigenvalue weighted by Crippen LogP contribution is -2.05. The molecule has 1 heterocycles. The summed E-state index contributed by atoms with van der Waals surface area (Å²) < 4.78 is 19.0. The summed E-state index contributed by atoms with van der Waals surface area (Å²) in [6.07, 6.45) is 1.50. The highest BCUT2D eigenvalue weighted by Gasteiger charge is 2.19. The first-order valence-electron chi connectivity index (χ1n) is 10.3. The summed E-state index contributed by atoms with van der Waals surface area (Å²) in [5.74, 6) is -0.449. The van der Waals surface area contributed by atoms with E-state index in [9.17, 15) is 9.18 Å². The number of rotatable bonds is 5. The lowest BCUT2D eigenvalue weighted by atomic mass is 9.89. The van der Waals surface area contributed by atoms with Gasteiger partial charge in [-0.25, -0.2) is 9.18 Å². The zero-order valence-electron chi connectivity index (χ0n) is 18.5. The highest BCUT2D eigenvalue weighted by Crippen LogP contribution is 2.38. The molecule has 30 heavy (non-hydrogen) atoms. The molecule has 3 nitrogen and oxygen atoms in total. The van der Waals surface area contributed by atoms with Gasteiger partial charge in [0.05, 0.1) is 18.0 Å². The molecule has 0 spiro atoms. The molecular formula is C26H28FNO2.